The zero-order valence-corrected chi connectivity index (χ0v) is 18.0. The Morgan fingerprint density at radius 3 is 2.75 bits per heavy atom. The van der Waals surface area contributed by atoms with Gasteiger partial charge in [-0.15, -0.1) is 0 Å². The number of anilines is 2. The van der Waals surface area contributed by atoms with Crippen LogP contribution in [0.15, 0.2) is 54.9 Å². The molecular weight excluding hydrogens is 411 g/mol. The molecule has 8 heteroatoms. The topological polar surface area (TPSA) is 76.6 Å². The van der Waals surface area contributed by atoms with Crippen LogP contribution in [-0.2, 0) is 4.79 Å². The third-order valence-electron chi connectivity index (χ3n) is 5.46. The SMILES string of the molecule is COc1ccc(NC(=O)[C@@H]2CCCN(c3nccnc3Oc3ccccc3C)C2)cc1F. The molecule has 166 valence electrons. The highest BCUT2D eigenvalue weighted by molar-refractivity contribution is 5.93. The fourth-order valence-corrected chi connectivity index (χ4v) is 3.75. The van der Waals surface area contributed by atoms with Gasteiger partial charge in [0.1, 0.15) is 5.75 Å². The number of nitrogens with one attached hydrogen (secondary N) is 1. The van der Waals surface area contributed by atoms with Crippen molar-refractivity contribution >= 4 is 17.4 Å². The van der Waals surface area contributed by atoms with Gasteiger partial charge in [0.15, 0.2) is 17.4 Å². The zero-order valence-electron chi connectivity index (χ0n) is 18.0. The van der Waals surface area contributed by atoms with Gasteiger partial charge >= 0.3 is 0 Å². The smallest absolute Gasteiger partial charge is 0.263 e. The summed E-state index contributed by atoms with van der Waals surface area (Å²) in [6.45, 7) is 3.17. The molecule has 1 atom stereocenters. The summed E-state index contributed by atoms with van der Waals surface area (Å²) in [6.07, 6.45) is 4.75. The molecule has 2 heterocycles. The van der Waals surface area contributed by atoms with Crippen LogP contribution < -0.4 is 19.7 Å². The quantitative estimate of drug-likeness (QED) is 0.610. The van der Waals surface area contributed by atoms with Gasteiger partial charge in [-0.2, -0.15) is 0 Å². The van der Waals surface area contributed by atoms with Crippen LogP contribution in [0.1, 0.15) is 18.4 Å². The van der Waals surface area contributed by atoms with E-state index >= 15 is 0 Å². The number of carbonyl (C=O) groups is 1. The fourth-order valence-electron chi connectivity index (χ4n) is 3.75. The molecule has 1 aliphatic heterocycles. The first-order valence-electron chi connectivity index (χ1n) is 10.5. The van der Waals surface area contributed by atoms with Gasteiger partial charge in [0.05, 0.1) is 13.0 Å². The Hall–Kier alpha value is -3.68. The Labute approximate surface area is 186 Å². The molecule has 1 N–H and O–H groups in total. The monoisotopic (exact) mass is 436 g/mol. The number of aryl methyl sites for hydroxylation is 1. The van der Waals surface area contributed by atoms with E-state index in [0.717, 1.165) is 24.9 Å². The number of ether oxygens (including phenoxy) is 2. The third kappa shape index (κ3) is 4.80. The van der Waals surface area contributed by atoms with E-state index in [0.29, 0.717) is 29.7 Å². The Balaban J connectivity index is 1.48. The van der Waals surface area contributed by atoms with Crippen molar-refractivity contribution in [2.45, 2.75) is 19.8 Å². The third-order valence-corrected chi connectivity index (χ3v) is 5.46. The lowest BCUT2D eigenvalue weighted by molar-refractivity contribution is -0.120. The highest BCUT2D eigenvalue weighted by Crippen LogP contribution is 2.32. The van der Waals surface area contributed by atoms with Crippen LogP contribution in [0, 0.1) is 18.7 Å². The number of methoxy groups -OCH3 is 1. The summed E-state index contributed by atoms with van der Waals surface area (Å²) >= 11 is 0. The minimum atomic E-state index is -0.520. The van der Waals surface area contributed by atoms with Crippen molar-refractivity contribution in [2.75, 3.05) is 30.4 Å². The minimum Gasteiger partial charge on any atom is -0.494 e. The van der Waals surface area contributed by atoms with E-state index < -0.39 is 5.82 Å². The Bertz CT molecular complexity index is 1110. The van der Waals surface area contributed by atoms with Gasteiger partial charge in [-0.3, -0.25) is 4.79 Å². The second-order valence-electron chi connectivity index (χ2n) is 7.68. The van der Waals surface area contributed by atoms with Gasteiger partial charge in [0.2, 0.25) is 5.91 Å². The van der Waals surface area contributed by atoms with Crippen molar-refractivity contribution in [3.05, 3.63) is 66.2 Å². The summed E-state index contributed by atoms with van der Waals surface area (Å²) in [5.74, 6) is 0.890. The maximum Gasteiger partial charge on any atom is 0.263 e. The van der Waals surface area contributed by atoms with Gasteiger partial charge in [-0.1, -0.05) is 18.2 Å². The second-order valence-corrected chi connectivity index (χ2v) is 7.68. The van der Waals surface area contributed by atoms with Gasteiger partial charge in [0, 0.05) is 37.2 Å². The van der Waals surface area contributed by atoms with Crippen LogP contribution in [-0.4, -0.2) is 36.1 Å². The van der Waals surface area contributed by atoms with Crippen LogP contribution in [0.4, 0.5) is 15.9 Å². The van der Waals surface area contributed by atoms with E-state index in [1.54, 1.807) is 18.5 Å². The molecule has 3 aromatic rings. The predicted octanol–water partition coefficient (Wildman–Crippen LogP) is 4.58. The summed E-state index contributed by atoms with van der Waals surface area (Å²) in [5.41, 5.74) is 1.39. The Morgan fingerprint density at radius 1 is 1.16 bits per heavy atom. The molecule has 2 aromatic carbocycles. The predicted molar refractivity (Wildman–Crippen MR) is 120 cm³/mol. The van der Waals surface area contributed by atoms with Crippen LogP contribution in [0.2, 0.25) is 0 Å². The van der Waals surface area contributed by atoms with Gasteiger partial charge in [0.25, 0.3) is 5.88 Å². The maximum atomic E-state index is 14.0. The standard InChI is InChI=1S/C24H25FN4O3/c1-16-6-3-4-8-20(16)32-24-22(26-11-12-27-24)29-13-5-7-17(15-29)23(30)28-18-9-10-21(31-2)19(25)14-18/h3-4,6,8-12,14,17H,5,7,13,15H2,1-2H3,(H,28,30)/t17-/m1/s1. The first kappa shape index (κ1) is 21.5. The largest absolute Gasteiger partial charge is 0.494 e. The van der Waals surface area contributed by atoms with Crippen LogP contribution in [0.3, 0.4) is 0 Å². The summed E-state index contributed by atoms with van der Waals surface area (Å²) in [4.78, 5) is 23.7. The molecule has 1 fully saturated rings. The van der Waals surface area contributed by atoms with E-state index in [1.807, 2.05) is 36.1 Å². The highest BCUT2D eigenvalue weighted by atomic mass is 19.1. The maximum absolute atomic E-state index is 14.0. The van der Waals surface area contributed by atoms with E-state index in [1.165, 1.54) is 19.2 Å². The van der Waals surface area contributed by atoms with E-state index in [-0.39, 0.29) is 17.6 Å². The molecule has 0 spiro atoms. The van der Waals surface area contributed by atoms with Crippen molar-refractivity contribution < 1.29 is 18.7 Å². The lowest BCUT2D eigenvalue weighted by Gasteiger charge is -2.33. The molecule has 0 unspecified atom stereocenters. The Kier molecular flexibility index (Phi) is 6.49. The molecule has 4 rings (SSSR count). The van der Waals surface area contributed by atoms with Gasteiger partial charge < -0.3 is 19.7 Å². The Morgan fingerprint density at radius 2 is 1.97 bits per heavy atom. The first-order valence-corrected chi connectivity index (χ1v) is 10.5. The summed E-state index contributed by atoms with van der Waals surface area (Å²) in [6, 6.07) is 12.1. The molecule has 0 radical (unpaired) electrons. The van der Waals surface area contributed by atoms with E-state index in [4.69, 9.17) is 9.47 Å². The number of benzene rings is 2. The van der Waals surface area contributed by atoms with Crippen molar-refractivity contribution in [2.24, 2.45) is 5.92 Å². The number of para-hydroxylation sites is 1. The molecule has 32 heavy (non-hydrogen) atoms. The number of rotatable bonds is 6. The average Bonchev–Trinajstić information content (AvgIpc) is 2.81. The second kappa shape index (κ2) is 9.64. The van der Waals surface area contributed by atoms with E-state index in [9.17, 15) is 9.18 Å². The number of halogens is 1. The van der Waals surface area contributed by atoms with Crippen molar-refractivity contribution in [3.8, 4) is 17.4 Å². The number of hydrogen-bond acceptors (Lipinski definition) is 6. The molecule has 0 aliphatic carbocycles. The molecule has 1 aliphatic rings. The molecule has 1 amide bonds. The summed E-state index contributed by atoms with van der Waals surface area (Å²) < 4.78 is 24.9. The number of amides is 1. The van der Waals surface area contributed by atoms with E-state index in [2.05, 4.69) is 15.3 Å². The molecule has 0 saturated carbocycles. The molecule has 1 saturated heterocycles. The van der Waals surface area contributed by atoms with Crippen molar-refractivity contribution in [3.63, 3.8) is 0 Å². The number of carbonyl (C=O) groups excluding carboxylic acids is 1. The van der Waals surface area contributed by atoms with Gasteiger partial charge in [-0.25, -0.2) is 14.4 Å². The normalized spacial score (nSPS) is 15.8. The van der Waals surface area contributed by atoms with Gasteiger partial charge in [-0.05, 0) is 43.5 Å². The molecule has 1 aromatic heterocycles. The van der Waals surface area contributed by atoms with Crippen molar-refractivity contribution in [1.29, 1.82) is 0 Å². The zero-order chi connectivity index (χ0) is 22.5. The number of hydrogen-bond donors (Lipinski definition) is 1. The molecule has 0 bridgehead atoms. The lowest BCUT2D eigenvalue weighted by atomic mass is 9.97. The minimum absolute atomic E-state index is 0.135. The number of aromatic nitrogens is 2. The number of nitrogens with zero attached hydrogens (tertiary/aromatic N) is 3. The van der Waals surface area contributed by atoms with Crippen LogP contribution in [0.25, 0.3) is 0 Å². The highest BCUT2D eigenvalue weighted by Gasteiger charge is 2.29. The fraction of sp³-hybridized carbons (Fsp3) is 0.292. The van der Waals surface area contributed by atoms with Crippen molar-refractivity contribution in [1.82, 2.24) is 9.97 Å². The lowest BCUT2D eigenvalue weighted by Crippen LogP contribution is -2.41. The molecular formula is C24H25FN4O3. The average molecular weight is 436 g/mol. The summed E-state index contributed by atoms with van der Waals surface area (Å²) in [5, 5.41) is 2.81. The van der Waals surface area contributed by atoms with Crippen LogP contribution in [0.5, 0.6) is 17.4 Å². The molecule has 7 nitrogen and oxygen atoms in total. The number of piperidine rings is 1. The first-order chi connectivity index (χ1) is 15.5. The summed E-state index contributed by atoms with van der Waals surface area (Å²) in [7, 11) is 1.40. The van der Waals surface area contributed by atoms with Crippen LogP contribution >= 0.6 is 0 Å².